The molecule has 6 nitrogen and oxygen atoms in total. The van der Waals surface area contributed by atoms with Crippen LogP contribution >= 0.6 is 11.3 Å². The van der Waals surface area contributed by atoms with E-state index in [0.717, 1.165) is 37.6 Å². The molecule has 4 rings (SSSR count). The second-order valence-corrected chi connectivity index (χ2v) is 8.17. The van der Waals surface area contributed by atoms with E-state index in [1.807, 2.05) is 35.5 Å². The molecule has 0 saturated carbocycles. The molecule has 2 aromatic rings. The van der Waals surface area contributed by atoms with Gasteiger partial charge in [0.1, 0.15) is 5.69 Å². The van der Waals surface area contributed by atoms with Crippen LogP contribution in [0.25, 0.3) is 0 Å². The fourth-order valence-corrected chi connectivity index (χ4v) is 4.63. The molecule has 0 aliphatic carbocycles. The van der Waals surface area contributed by atoms with Crippen molar-refractivity contribution < 1.29 is 9.53 Å². The molecule has 0 unspecified atom stereocenters. The number of aromatic nitrogens is 2. The van der Waals surface area contributed by atoms with Gasteiger partial charge in [-0.3, -0.25) is 9.69 Å². The van der Waals surface area contributed by atoms with Gasteiger partial charge >= 0.3 is 0 Å². The average Bonchev–Trinajstić information content (AvgIpc) is 2.81. The second-order valence-electron chi connectivity index (χ2n) is 7.23. The number of nitrogens with zero attached hydrogens (tertiary/aromatic N) is 4. The Morgan fingerprint density at radius 1 is 1.27 bits per heavy atom. The number of rotatable bonds is 3. The normalized spacial score (nSPS) is 23.7. The molecule has 2 bridgehead atoms. The number of carbonyl (C=O) groups is 1. The molecule has 26 heavy (non-hydrogen) atoms. The molecule has 4 heterocycles. The van der Waals surface area contributed by atoms with E-state index in [4.69, 9.17) is 4.74 Å². The number of hydrogen-bond acceptors (Lipinski definition) is 6. The summed E-state index contributed by atoms with van der Waals surface area (Å²) in [6.45, 7) is 8.67. The van der Waals surface area contributed by atoms with Crippen LogP contribution in [0, 0.1) is 19.8 Å². The molecule has 2 saturated heterocycles. The lowest BCUT2D eigenvalue weighted by Crippen LogP contribution is -2.46. The molecule has 0 spiro atoms. The first-order chi connectivity index (χ1) is 12.6. The van der Waals surface area contributed by atoms with Crippen molar-refractivity contribution in [3.63, 3.8) is 0 Å². The Hall–Kier alpha value is -1.83. The van der Waals surface area contributed by atoms with Crippen LogP contribution in [0.2, 0.25) is 0 Å². The van der Waals surface area contributed by atoms with Gasteiger partial charge in [0.2, 0.25) is 0 Å². The van der Waals surface area contributed by atoms with Crippen LogP contribution in [0.5, 0.6) is 0 Å². The predicted octanol–water partition coefficient (Wildman–Crippen LogP) is 2.13. The topological polar surface area (TPSA) is 58.6 Å². The highest BCUT2D eigenvalue weighted by Crippen LogP contribution is 2.24. The first-order valence-corrected chi connectivity index (χ1v) is 9.92. The molecular weight excluding hydrogens is 348 g/mol. The third-order valence-corrected chi connectivity index (χ3v) is 6.05. The van der Waals surface area contributed by atoms with Crippen molar-refractivity contribution in [1.82, 2.24) is 19.8 Å². The fourth-order valence-electron chi connectivity index (χ4n) is 3.81. The van der Waals surface area contributed by atoms with Crippen molar-refractivity contribution in [3.05, 3.63) is 45.7 Å². The second kappa shape index (κ2) is 7.42. The van der Waals surface area contributed by atoms with E-state index in [1.54, 1.807) is 11.3 Å². The Morgan fingerprint density at radius 2 is 2.15 bits per heavy atom. The van der Waals surface area contributed by atoms with Gasteiger partial charge in [-0.05, 0) is 26.0 Å². The van der Waals surface area contributed by atoms with Crippen LogP contribution in [0.3, 0.4) is 0 Å². The summed E-state index contributed by atoms with van der Waals surface area (Å²) in [5.74, 6) is 0.342. The van der Waals surface area contributed by atoms with Crippen molar-refractivity contribution in [2.45, 2.75) is 26.4 Å². The van der Waals surface area contributed by atoms with Gasteiger partial charge in [-0.2, -0.15) is 0 Å². The summed E-state index contributed by atoms with van der Waals surface area (Å²) in [6, 6.07) is 5.68. The highest BCUT2D eigenvalue weighted by molar-refractivity contribution is 7.09. The molecule has 0 radical (unpaired) electrons. The lowest BCUT2D eigenvalue weighted by molar-refractivity contribution is 0.0423. The summed E-state index contributed by atoms with van der Waals surface area (Å²) in [4.78, 5) is 27.7. The number of amides is 1. The van der Waals surface area contributed by atoms with Gasteiger partial charge in [-0.25, -0.2) is 9.97 Å². The zero-order valence-electron chi connectivity index (χ0n) is 15.2. The molecule has 1 amide bonds. The maximum Gasteiger partial charge on any atom is 0.272 e. The molecule has 2 aliphatic rings. The van der Waals surface area contributed by atoms with Gasteiger partial charge < -0.3 is 9.64 Å². The summed E-state index contributed by atoms with van der Waals surface area (Å²) in [5.41, 5.74) is 4.42. The number of fused-ring (bicyclic) bond motifs is 3. The summed E-state index contributed by atoms with van der Waals surface area (Å²) >= 11 is 1.71. The number of carbonyl (C=O) groups excluding carboxylic acids is 1. The SMILES string of the molecule is Cc1cccc(C(=O)N2C[C@H]3COC[C@@H]2CN(Cc2scnc2C)C3)n1. The number of thiazole rings is 1. The van der Waals surface area contributed by atoms with Gasteiger partial charge in [-0.1, -0.05) is 6.07 Å². The van der Waals surface area contributed by atoms with Gasteiger partial charge in [0.25, 0.3) is 5.91 Å². The van der Waals surface area contributed by atoms with Crippen LogP contribution in [-0.2, 0) is 11.3 Å². The smallest absolute Gasteiger partial charge is 0.272 e. The maximum absolute atomic E-state index is 13.1. The zero-order valence-corrected chi connectivity index (χ0v) is 16.0. The van der Waals surface area contributed by atoms with E-state index >= 15 is 0 Å². The number of hydrogen-bond donors (Lipinski definition) is 0. The maximum atomic E-state index is 13.1. The van der Waals surface area contributed by atoms with Gasteiger partial charge in [0.05, 0.1) is 30.5 Å². The fraction of sp³-hybridized carbons (Fsp3) is 0.526. The van der Waals surface area contributed by atoms with E-state index in [0.29, 0.717) is 24.8 Å². The van der Waals surface area contributed by atoms with Crippen LogP contribution < -0.4 is 0 Å². The minimum Gasteiger partial charge on any atom is -0.379 e. The Balaban J connectivity index is 1.55. The summed E-state index contributed by atoms with van der Waals surface area (Å²) in [6.07, 6.45) is 0. The predicted molar refractivity (Wildman–Crippen MR) is 100 cm³/mol. The molecule has 138 valence electrons. The highest BCUT2D eigenvalue weighted by Gasteiger charge is 2.36. The summed E-state index contributed by atoms with van der Waals surface area (Å²) < 4.78 is 5.86. The van der Waals surface area contributed by atoms with E-state index in [9.17, 15) is 4.79 Å². The zero-order chi connectivity index (χ0) is 18.1. The molecule has 2 aliphatic heterocycles. The van der Waals surface area contributed by atoms with E-state index < -0.39 is 0 Å². The molecule has 2 fully saturated rings. The van der Waals surface area contributed by atoms with Gasteiger partial charge in [0.15, 0.2) is 0 Å². The van der Waals surface area contributed by atoms with Gasteiger partial charge in [-0.15, -0.1) is 11.3 Å². The first-order valence-electron chi connectivity index (χ1n) is 9.04. The van der Waals surface area contributed by atoms with Crippen molar-refractivity contribution >= 4 is 17.2 Å². The highest BCUT2D eigenvalue weighted by atomic mass is 32.1. The summed E-state index contributed by atoms with van der Waals surface area (Å²) in [7, 11) is 0. The Morgan fingerprint density at radius 3 is 2.92 bits per heavy atom. The Bertz CT molecular complexity index is 793. The first kappa shape index (κ1) is 17.6. The molecule has 2 aromatic heterocycles. The Labute approximate surface area is 157 Å². The average molecular weight is 372 g/mol. The van der Waals surface area contributed by atoms with E-state index in [2.05, 4.69) is 21.8 Å². The van der Waals surface area contributed by atoms with Crippen LogP contribution in [-0.4, -0.2) is 64.6 Å². The monoisotopic (exact) mass is 372 g/mol. The number of ether oxygens (including phenoxy) is 1. The quantitative estimate of drug-likeness (QED) is 0.826. The minimum atomic E-state index is 0.0185. The van der Waals surface area contributed by atoms with E-state index in [1.165, 1.54) is 4.88 Å². The van der Waals surface area contributed by atoms with Crippen molar-refractivity contribution in [3.8, 4) is 0 Å². The molecule has 2 atom stereocenters. The Kier molecular flexibility index (Phi) is 5.02. The summed E-state index contributed by atoms with van der Waals surface area (Å²) in [5, 5.41) is 0. The lowest BCUT2D eigenvalue weighted by atomic mass is 10.1. The molecule has 0 aromatic carbocycles. The van der Waals surface area contributed by atoms with Crippen molar-refractivity contribution in [2.75, 3.05) is 32.8 Å². The standard InChI is InChI=1S/C19H24N4O2S/c1-13-4-3-5-17(21-13)19(24)23-7-15-6-22(8-16(23)11-25-10-15)9-18-14(2)20-12-26-18/h3-5,12,15-16H,6-11H2,1-2H3/t15-,16-/m0/s1. The van der Waals surface area contributed by atoms with Crippen molar-refractivity contribution in [2.24, 2.45) is 5.92 Å². The van der Waals surface area contributed by atoms with Crippen molar-refractivity contribution in [1.29, 1.82) is 0 Å². The molecule has 0 N–H and O–H groups in total. The molecular formula is C19H24N4O2S. The van der Waals surface area contributed by atoms with Crippen LogP contribution in [0.1, 0.15) is 26.8 Å². The van der Waals surface area contributed by atoms with Gasteiger partial charge in [0, 0.05) is 42.7 Å². The van der Waals surface area contributed by atoms with Crippen LogP contribution in [0.4, 0.5) is 0 Å². The molecule has 7 heteroatoms. The third kappa shape index (κ3) is 3.65. The lowest BCUT2D eigenvalue weighted by Gasteiger charge is -2.31. The number of pyridine rings is 1. The minimum absolute atomic E-state index is 0.0185. The third-order valence-electron chi connectivity index (χ3n) is 5.13. The number of aryl methyl sites for hydroxylation is 2. The van der Waals surface area contributed by atoms with Crippen LogP contribution in [0.15, 0.2) is 23.7 Å². The largest absolute Gasteiger partial charge is 0.379 e. The van der Waals surface area contributed by atoms with E-state index in [-0.39, 0.29) is 11.9 Å².